The van der Waals surface area contributed by atoms with Gasteiger partial charge in [-0.15, -0.1) is 0 Å². The summed E-state index contributed by atoms with van der Waals surface area (Å²) >= 11 is 5.96. The Morgan fingerprint density at radius 2 is 1.78 bits per heavy atom. The molecular weight excluding hydrogens is 405 g/mol. The van der Waals surface area contributed by atoms with E-state index in [0.29, 0.717) is 22.3 Å². The van der Waals surface area contributed by atoms with Gasteiger partial charge in [-0.2, -0.15) is 17.9 Å². The summed E-state index contributed by atoms with van der Waals surface area (Å²) in [5, 5.41) is 2.95. The molecule has 0 aromatic heterocycles. The lowest BCUT2D eigenvalue weighted by molar-refractivity contribution is -0.137. The van der Waals surface area contributed by atoms with E-state index in [4.69, 9.17) is 11.6 Å². The Hall–Kier alpha value is -2.10. The number of hydrogen-bond acceptors (Lipinski definition) is 3. The van der Waals surface area contributed by atoms with Crippen molar-refractivity contribution in [1.29, 1.82) is 0 Å². The van der Waals surface area contributed by atoms with E-state index >= 15 is 0 Å². The smallest absolute Gasteiger partial charge is 0.324 e. The fraction of sp³-hybridized carbons (Fsp3) is 0.235. The Morgan fingerprint density at radius 1 is 1.15 bits per heavy atom. The maximum atomic E-state index is 12.8. The number of anilines is 1. The van der Waals surface area contributed by atoms with Crippen LogP contribution in [-0.2, 0) is 21.0 Å². The average molecular weight is 421 g/mol. The molecule has 2 aromatic rings. The third-order valence-electron chi connectivity index (χ3n) is 3.72. The normalized spacial score (nSPS) is 13.3. The zero-order valence-electron chi connectivity index (χ0n) is 14.3. The van der Waals surface area contributed by atoms with Gasteiger partial charge in [0.15, 0.2) is 0 Å². The van der Waals surface area contributed by atoms with E-state index < -0.39 is 38.6 Å². The predicted molar refractivity (Wildman–Crippen MR) is 96.0 cm³/mol. The highest BCUT2D eigenvalue weighted by Gasteiger charge is 2.32. The summed E-state index contributed by atoms with van der Waals surface area (Å²) in [7, 11) is -4.33. The zero-order chi connectivity index (χ0) is 20.4. The molecule has 0 aliphatic rings. The number of carbonyl (C=O) groups excluding carboxylic acids is 1. The molecule has 146 valence electrons. The van der Waals surface area contributed by atoms with Crippen molar-refractivity contribution in [2.45, 2.75) is 31.0 Å². The number of sulfonamides is 1. The maximum absolute atomic E-state index is 12.8. The highest BCUT2D eigenvalue weighted by Crippen LogP contribution is 2.30. The van der Waals surface area contributed by atoms with Crippen molar-refractivity contribution >= 4 is 33.2 Å². The number of carbonyl (C=O) groups is 1. The minimum atomic E-state index is -4.68. The molecule has 2 rings (SSSR count). The van der Waals surface area contributed by atoms with E-state index in [1.165, 1.54) is 6.92 Å². The largest absolute Gasteiger partial charge is 0.416 e. The number of benzene rings is 2. The van der Waals surface area contributed by atoms with E-state index in [9.17, 15) is 26.4 Å². The molecule has 1 amide bonds. The molecule has 2 N–H and O–H groups in total. The summed E-state index contributed by atoms with van der Waals surface area (Å²) in [6.07, 6.45) is -4.68. The highest BCUT2D eigenvalue weighted by atomic mass is 35.5. The fourth-order valence-electron chi connectivity index (χ4n) is 2.18. The SMILES string of the molecule is Cc1c(Cl)cccc1NC(=O)C(C)NS(=O)(=O)c1cccc(C(F)(F)F)c1. The molecule has 0 saturated heterocycles. The van der Waals surface area contributed by atoms with Gasteiger partial charge in [-0.25, -0.2) is 8.42 Å². The second-order valence-electron chi connectivity index (χ2n) is 5.77. The minimum Gasteiger partial charge on any atom is -0.324 e. The first-order valence-electron chi connectivity index (χ1n) is 7.67. The Kier molecular flexibility index (Phi) is 6.18. The van der Waals surface area contributed by atoms with Gasteiger partial charge in [0.05, 0.1) is 16.5 Å². The minimum absolute atomic E-state index is 0.401. The van der Waals surface area contributed by atoms with Gasteiger partial charge >= 0.3 is 6.18 Å². The molecular formula is C17H16ClF3N2O3S. The summed E-state index contributed by atoms with van der Waals surface area (Å²) in [6, 6.07) is 6.87. The van der Waals surface area contributed by atoms with Gasteiger partial charge in [0, 0.05) is 10.7 Å². The lowest BCUT2D eigenvalue weighted by Gasteiger charge is -2.16. The van der Waals surface area contributed by atoms with Crippen molar-refractivity contribution in [1.82, 2.24) is 4.72 Å². The van der Waals surface area contributed by atoms with Gasteiger partial charge in [0.2, 0.25) is 15.9 Å². The van der Waals surface area contributed by atoms with Crippen LogP contribution in [0.1, 0.15) is 18.1 Å². The van der Waals surface area contributed by atoms with Crippen molar-refractivity contribution in [3.63, 3.8) is 0 Å². The Balaban J connectivity index is 2.17. The average Bonchev–Trinajstić information content (AvgIpc) is 2.58. The van der Waals surface area contributed by atoms with Gasteiger partial charge in [0.1, 0.15) is 0 Å². The number of rotatable bonds is 5. The molecule has 1 unspecified atom stereocenters. The van der Waals surface area contributed by atoms with E-state index in [0.717, 1.165) is 18.2 Å². The molecule has 10 heteroatoms. The van der Waals surface area contributed by atoms with Crippen LogP contribution in [0, 0.1) is 6.92 Å². The summed E-state index contributed by atoms with van der Waals surface area (Å²) in [5.74, 6) is -0.684. The van der Waals surface area contributed by atoms with E-state index in [2.05, 4.69) is 10.0 Å². The standard InChI is InChI=1S/C17H16ClF3N2O3S/c1-10-14(18)7-4-8-15(10)22-16(24)11(2)23-27(25,26)13-6-3-5-12(9-13)17(19,20)21/h3-9,11,23H,1-2H3,(H,22,24). The van der Waals surface area contributed by atoms with Crippen LogP contribution in [0.5, 0.6) is 0 Å². The van der Waals surface area contributed by atoms with Crippen molar-refractivity contribution in [2.24, 2.45) is 0 Å². The van der Waals surface area contributed by atoms with E-state index in [1.54, 1.807) is 25.1 Å². The Bertz CT molecular complexity index is 962. The molecule has 27 heavy (non-hydrogen) atoms. The lowest BCUT2D eigenvalue weighted by Crippen LogP contribution is -2.41. The van der Waals surface area contributed by atoms with Gasteiger partial charge in [0.25, 0.3) is 0 Å². The lowest BCUT2D eigenvalue weighted by atomic mass is 10.2. The molecule has 0 fully saturated rings. The number of hydrogen-bond donors (Lipinski definition) is 2. The molecule has 0 spiro atoms. The monoisotopic (exact) mass is 420 g/mol. The fourth-order valence-corrected chi connectivity index (χ4v) is 3.60. The second kappa shape index (κ2) is 7.87. The third-order valence-corrected chi connectivity index (χ3v) is 5.67. The number of amides is 1. The van der Waals surface area contributed by atoms with Crippen LogP contribution in [0.3, 0.4) is 0 Å². The number of alkyl halides is 3. The first-order valence-corrected chi connectivity index (χ1v) is 9.53. The summed E-state index contributed by atoms with van der Waals surface area (Å²) in [4.78, 5) is 11.7. The van der Waals surface area contributed by atoms with Crippen molar-refractivity contribution in [3.05, 3.63) is 58.6 Å². The van der Waals surface area contributed by atoms with Crippen LogP contribution in [-0.4, -0.2) is 20.4 Å². The van der Waals surface area contributed by atoms with Gasteiger partial charge in [-0.1, -0.05) is 23.7 Å². The van der Waals surface area contributed by atoms with Gasteiger partial charge in [-0.05, 0) is 49.7 Å². The van der Waals surface area contributed by atoms with Crippen LogP contribution < -0.4 is 10.0 Å². The Morgan fingerprint density at radius 3 is 2.41 bits per heavy atom. The zero-order valence-corrected chi connectivity index (χ0v) is 15.8. The molecule has 2 aromatic carbocycles. The third kappa shape index (κ3) is 5.21. The quantitative estimate of drug-likeness (QED) is 0.768. The second-order valence-corrected chi connectivity index (χ2v) is 7.89. The summed E-state index contributed by atoms with van der Waals surface area (Å²) in [5.41, 5.74) is -0.102. The first-order chi connectivity index (χ1) is 12.4. The van der Waals surface area contributed by atoms with Crippen molar-refractivity contribution < 1.29 is 26.4 Å². The summed E-state index contributed by atoms with van der Waals surface area (Å²) < 4.78 is 65.0. The summed E-state index contributed by atoms with van der Waals surface area (Å²) in [6.45, 7) is 2.95. The van der Waals surface area contributed by atoms with E-state index in [1.807, 2.05) is 0 Å². The van der Waals surface area contributed by atoms with Gasteiger partial charge in [-0.3, -0.25) is 4.79 Å². The topological polar surface area (TPSA) is 75.3 Å². The van der Waals surface area contributed by atoms with Crippen LogP contribution in [0.4, 0.5) is 18.9 Å². The van der Waals surface area contributed by atoms with Crippen LogP contribution in [0.2, 0.25) is 5.02 Å². The Labute approximate surface area is 159 Å². The molecule has 1 atom stereocenters. The van der Waals surface area contributed by atoms with Crippen molar-refractivity contribution in [3.8, 4) is 0 Å². The van der Waals surface area contributed by atoms with Crippen LogP contribution in [0.15, 0.2) is 47.4 Å². The molecule has 0 aliphatic carbocycles. The van der Waals surface area contributed by atoms with Crippen LogP contribution in [0.25, 0.3) is 0 Å². The predicted octanol–water partition coefficient (Wildman–Crippen LogP) is 3.97. The molecule has 0 aliphatic heterocycles. The van der Waals surface area contributed by atoms with Crippen molar-refractivity contribution in [2.75, 3.05) is 5.32 Å². The molecule has 0 saturated carbocycles. The van der Waals surface area contributed by atoms with Gasteiger partial charge < -0.3 is 5.32 Å². The number of nitrogens with one attached hydrogen (secondary N) is 2. The van der Waals surface area contributed by atoms with E-state index in [-0.39, 0.29) is 0 Å². The molecule has 0 radical (unpaired) electrons. The maximum Gasteiger partial charge on any atom is 0.416 e. The molecule has 5 nitrogen and oxygen atoms in total. The molecule has 0 heterocycles. The van der Waals surface area contributed by atoms with Crippen LogP contribution >= 0.6 is 11.6 Å². The highest BCUT2D eigenvalue weighted by molar-refractivity contribution is 7.89. The first kappa shape index (κ1) is 21.2. The number of halogens is 4. The molecule has 0 bridgehead atoms.